The van der Waals surface area contributed by atoms with Gasteiger partial charge in [-0.2, -0.15) is 0 Å². The van der Waals surface area contributed by atoms with Crippen molar-refractivity contribution >= 4 is 0 Å². The first kappa shape index (κ1) is 13.8. The third-order valence-electron chi connectivity index (χ3n) is 5.20. The minimum atomic E-state index is -0.00206. The highest BCUT2D eigenvalue weighted by atomic mass is 16.5. The number of nitrogens with zero attached hydrogens (tertiary/aromatic N) is 1. The van der Waals surface area contributed by atoms with Gasteiger partial charge in [-0.1, -0.05) is 0 Å². The van der Waals surface area contributed by atoms with E-state index in [0.29, 0.717) is 5.41 Å². The highest BCUT2D eigenvalue weighted by Crippen LogP contribution is 2.58. The van der Waals surface area contributed by atoms with Crippen LogP contribution in [0.1, 0.15) is 47.0 Å². The number of piperidine rings is 1. The molecule has 1 aliphatic carbocycles. The molecular weight excluding hydrogens is 236 g/mol. The number of hydrogen-bond acceptors (Lipinski definition) is 3. The van der Waals surface area contributed by atoms with Gasteiger partial charge in [-0.3, -0.25) is 4.90 Å². The summed E-state index contributed by atoms with van der Waals surface area (Å²) in [5, 5.41) is 3.50. The monoisotopic (exact) mass is 266 g/mol. The Hall–Kier alpha value is -0.120. The smallest absolute Gasteiger partial charge is 0.0760 e. The summed E-state index contributed by atoms with van der Waals surface area (Å²) in [6.45, 7) is 14.8. The van der Waals surface area contributed by atoms with Gasteiger partial charge in [0.05, 0.1) is 11.2 Å². The Bertz CT molecular complexity index is 329. The van der Waals surface area contributed by atoms with E-state index in [-0.39, 0.29) is 11.2 Å². The zero-order valence-corrected chi connectivity index (χ0v) is 13.1. The maximum Gasteiger partial charge on any atom is 0.0760 e. The van der Waals surface area contributed by atoms with Crippen LogP contribution in [0.3, 0.4) is 0 Å². The molecule has 0 aromatic heterocycles. The maximum absolute atomic E-state index is 6.18. The third-order valence-corrected chi connectivity index (χ3v) is 5.20. The zero-order valence-electron chi connectivity index (χ0n) is 13.1. The van der Waals surface area contributed by atoms with E-state index in [1.807, 2.05) is 0 Å². The third kappa shape index (κ3) is 2.98. The minimum absolute atomic E-state index is 0.00206. The van der Waals surface area contributed by atoms with Crippen molar-refractivity contribution in [3.8, 4) is 0 Å². The Kier molecular flexibility index (Phi) is 3.23. The first-order valence-electron chi connectivity index (χ1n) is 7.94. The molecular formula is C16H30N2O. The molecule has 0 amide bonds. The van der Waals surface area contributed by atoms with Crippen molar-refractivity contribution in [1.82, 2.24) is 10.2 Å². The predicted octanol–water partition coefficient (Wildman–Crippen LogP) is 2.27. The van der Waals surface area contributed by atoms with Crippen LogP contribution in [0, 0.1) is 11.3 Å². The molecule has 3 aliphatic rings. The Morgan fingerprint density at radius 1 is 1.05 bits per heavy atom. The maximum atomic E-state index is 6.18. The Balaban J connectivity index is 1.58. The summed E-state index contributed by atoms with van der Waals surface area (Å²) in [6.07, 6.45) is 4.26. The summed E-state index contributed by atoms with van der Waals surface area (Å²) in [4.78, 5) is 2.66. The van der Waals surface area contributed by atoms with Crippen LogP contribution in [-0.2, 0) is 4.74 Å². The highest BCUT2D eigenvalue weighted by molar-refractivity contribution is 5.06. The quantitative estimate of drug-likeness (QED) is 0.830. The van der Waals surface area contributed by atoms with E-state index in [1.165, 1.54) is 38.9 Å². The fourth-order valence-corrected chi connectivity index (χ4v) is 4.61. The summed E-state index contributed by atoms with van der Waals surface area (Å²) >= 11 is 0. The topological polar surface area (TPSA) is 24.5 Å². The molecule has 0 bridgehead atoms. The van der Waals surface area contributed by atoms with E-state index in [4.69, 9.17) is 4.74 Å². The summed E-state index contributed by atoms with van der Waals surface area (Å²) in [6, 6.07) is 0. The van der Waals surface area contributed by atoms with Gasteiger partial charge in [-0.15, -0.1) is 0 Å². The molecule has 0 aromatic carbocycles. The molecule has 110 valence electrons. The second-order valence-electron chi connectivity index (χ2n) is 8.30. The first-order valence-corrected chi connectivity index (χ1v) is 7.94. The second-order valence-corrected chi connectivity index (χ2v) is 8.30. The van der Waals surface area contributed by atoms with E-state index < -0.39 is 0 Å². The van der Waals surface area contributed by atoms with E-state index in [2.05, 4.69) is 37.9 Å². The van der Waals surface area contributed by atoms with Gasteiger partial charge in [-0.05, 0) is 71.4 Å². The van der Waals surface area contributed by atoms with Crippen molar-refractivity contribution in [3.63, 3.8) is 0 Å². The van der Waals surface area contributed by atoms with Crippen molar-refractivity contribution in [3.05, 3.63) is 0 Å². The van der Waals surface area contributed by atoms with Crippen LogP contribution in [0.25, 0.3) is 0 Å². The van der Waals surface area contributed by atoms with Crippen LogP contribution in [0.15, 0.2) is 0 Å². The molecule has 0 aromatic rings. The average molecular weight is 266 g/mol. The largest absolute Gasteiger partial charge is 0.367 e. The molecule has 19 heavy (non-hydrogen) atoms. The van der Waals surface area contributed by atoms with Crippen LogP contribution < -0.4 is 5.32 Å². The molecule has 2 saturated heterocycles. The molecule has 1 N–H and O–H groups in total. The molecule has 1 saturated carbocycles. The summed E-state index contributed by atoms with van der Waals surface area (Å²) in [5.41, 5.74) is 0.702. The van der Waals surface area contributed by atoms with Gasteiger partial charge in [0.15, 0.2) is 0 Å². The van der Waals surface area contributed by atoms with E-state index in [9.17, 15) is 0 Å². The summed E-state index contributed by atoms with van der Waals surface area (Å²) in [7, 11) is 0. The van der Waals surface area contributed by atoms with Gasteiger partial charge in [0.2, 0.25) is 0 Å². The molecule has 3 heteroatoms. The van der Waals surface area contributed by atoms with Gasteiger partial charge >= 0.3 is 0 Å². The Morgan fingerprint density at radius 2 is 1.63 bits per heavy atom. The molecule has 1 unspecified atom stereocenters. The van der Waals surface area contributed by atoms with Crippen LogP contribution in [0.2, 0.25) is 0 Å². The first-order chi connectivity index (χ1) is 8.80. The van der Waals surface area contributed by atoms with Crippen molar-refractivity contribution in [2.75, 3.05) is 32.7 Å². The molecule has 3 fully saturated rings. The number of hydrogen-bond donors (Lipinski definition) is 1. The minimum Gasteiger partial charge on any atom is -0.367 e. The fraction of sp³-hybridized carbons (Fsp3) is 1.00. The van der Waals surface area contributed by atoms with Crippen LogP contribution in [0.4, 0.5) is 0 Å². The van der Waals surface area contributed by atoms with Crippen LogP contribution in [0.5, 0.6) is 0 Å². The molecule has 2 heterocycles. The molecule has 3 nitrogen and oxygen atoms in total. The lowest BCUT2D eigenvalue weighted by molar-refractivity contribution is -0.181. The van der Waals surface area contributed by atoms with Gasteiger partial charge in [-0.25, -0.2) is 0 Å². The SMILES string of the molecule is CC1(C)CN(CC2CC23CCNCC3)CC(C)(C)O1. The molecule has 1 spiro atoms. The lowest BCUT2D eigenvalue weighted by atomic mass is 9.91. The van der Waals surface area contributed by atoms with Crippen LogP contribution in [-0.4, -0.2) is 48.8 Å². The standard InChI is InChI=1S/C16H30N2O/c1-14(2)11-18(12-15(3,4)19-14)10-13-9-16(13)5-7-17-8-6-16/h13,17H,5-12H2,1-4H3. The highest BCUT2D eigenvalue weighted by Gasteiger charge is 2.54. The predicted molar refractivity (Wildman–Crippen MR) is 78.3 cm³/mol. The lowest BCUT2D eigenvalue weighted by Gasteiger charge is -2.47. The normalized spacial score (nSPS) is 36.3. The lowest BCUT2D eigenvalue weighted by Crippen LogP contribution is -2.57. The van der Waals surface area contributed by atoms with Crippen molar-refractivity contribution < 1.29 is 4.74 Å². The zero-order chi connectivity index (χ0) is 13.7. The average Bonchev–Trinajstić information content (AvgIpc) is 2.86. The van der Waals surface area contributed by atoms with E-state index in [0.717, 1.165) is 19.0 Å². The van der Waals surface area contributed by atoms with Crippen molar-refractivity contribution in [2.24, 2.45) is 11.3 Å². The summed E-state index contributed by atoms with van der Waals surface area (Å²) < 4.78 is 6.18. The van der Waals surface area contributed by atoms with E-state index >= 15 is 0 Å². The number of rotatable bonds is 2. The second kappa shape index (κ2) is 4.44. The van der Waals surface area contributed by atoms with Crippen molar-refractivity contribution in [2.45, 2.75) is 58.2 Å². The molecule has 3 rings (SSSR count). The van der Waals surface area contributed by atoms with Crippen molar-refractivity contribution in [1.29, 1.82) is 0 Å². The Morgan fingerprint density at radius 3 is 2.21 bits per heavy atom. The van der Waals surface area contributed by atoms with E-state index in [1.54, 1.807) is 0 Å². The number of ether oxygens (including phenoxy) is 1. The molecule has 1 atom stereocenters. The fourth-order valence-electron chi connectivity index (χ4n) is 4.61. The van der Waals surface area contributed by atoms with Gasteiger partial charge in [0.1, 0.15) is 0 Å². The van der Waals surface area contributed by atoms with Gasteiger partial charge in [0.25, 0.3) is 0 Å². The van der Waals surface area contributed by atoms with Gasteiger partial charge in [0, 0.05) is 19.6 Å². The molecule has 0 radical (unpaired) electrons. The number of nitrogens with one attached hydrogen (secondary N) is 1. The van der Waals surface area contributed by atoms with Gasteiger partial charge < -0.3 is 10.1 Å². The Labute approximate surface area is 118 Å². The summed E-state index contributed by atoms with van der Waals surface area (Å²) in [5.74, 6) is 0.944. The van der Waals surface area contributed by atoms with Crippen LogP contribution >= 0.6 is 0 Å². The molecule has 2 aliphatic heterocycles. The number of morpholine rings is 1.